The summed E-state index contributed by atoms with van der Waals surface area (Å²) in [6.45, 7) is 0. The lowest BCUT2D eigenvalue weighted by Crippen LogP contribution is -2.25. The summed E-state index contributed by atoms with van der Waals surface area (Å²) in [6.07, 6.45) is 15.4. The number of methoxy groups -OCH3 is 1. The maximum Gasteiger partial charge on any atom is 0.156 e. The van der Waals surface area contributed by atoms with Gasteiger partial charge in [-0.05, 0) is 42.7 Å². The standard InChI is InChI=1S/C15H17NO2/c1-18-15-9-10(5-6-14(15)17)11-3-2-4-13-12(11)7-8-16-13/h2-4,6-12,16-17H,5H2,1H3. The molecule has 3 nitrogen and oxygen atoms in total. The Kier molecular flexibility index (Phi) is 2.74. The Balaban J connectivity index is 1.84. The molecule has 0 fully saturated rings. The molecule has 0 bridgehead atoms. The molecule has 3 aliphatic rings. The number of aliphatic hydroxyl groups excluding tert-OH is 1. The van der Waals surface area contributed by atoms with Gasteiger partial charge in [0.25, 0.3) is 0 Å². The normalized spacial score (nSPS) is 33.2. The Labute approximate surface area is 107 Å². The zero-order valence-electron chi connectivity index (χ0n) is 10.3. The number of rotatable bonds is 2. The minimum atomic E-state index is 0.254. The highest BCUT2D eigenvalue weighted by Gasteiger charge is 2.32. The van der Waals surface area contributed by atoms with Gasteiger partial charge in [-0.3, -0.25) is 0 Å². The first-order valence-corrected chi connectivity index (χ1v) is 6.26. The molecular formula is C15H17NO2. The summed E-state index contributed by atoms with van der Waals surface area (Å²) in [5, 5.41) is 13.0. The first-order valence-electron chi connectivity index (χ1n) is 6.26. The fraction of sp³-hybridized carbons (Fsp3) is 0.333. The van der Waals surface area contributed by atoms with Crippen LogP contribution in [0.15, 0.2) is 59.9 Å². The minimum Gasteiger partial charge on any atom is -0.504 e. The van der Waals surface area contributed by atoms with E-state index in [2.05, 4.69) is 29.6 Å². The molecule has 0 radical (unpaired) electrons. The quantitative estimate of drug-likeness (QED) is 0.783. The van der Waals surface area contributed by atoms with Crippen molar-refractivity contribution in [3.05, 3.63) is 59.9 Å². The van der Waals surface area contributed by atoms with Gasteiger partial charge in [-0.1, -0.05) is 18.2 Å². The van der Waals surface area contributed by atoms with Crippen LogP contribution in [0.2, 0.25) is 0 Å². The topological polar surface area (TPSA) is 41.5 Å². The molecule has 0 saturated heterocycles. The molecule has 1 heterocycles. The van der Waals surface area contributed by atoms with Crippen LogP contribution in [0.4, 0.5) is 0 Å². The Morgan fingerprint density at radius 3 is 3.11 bits per heavy atom. The lowest BCUT2D eigenvalue weighted by atomic mass is 9.75. The number of ether oxygens (including phenoxy) is 1. The third kappa shape index (κ3) is 1.76. The van der Waals surface area contributed by atoms with Gasteiger partial charge >= 0.3 is 0 Å². The van der Waals surface area contributed by atoms with Gasteiger partial charge in [-0.15, -0.1) is 0 Å². The van der Waals surface area contributed by atoms with E-state index in [9.17, 15) is 5.11 Å². The summed E-state index contributed by atoms with van der Waals surface area (Å²) in [5.74, 6) is 2.05. The van der Waals surface area contributed by atoms with E-state index in [1.54, 1.807) is 7.11 Å². The first-order chi connectivity index (χ1) is 8.79. The molecule has 0 aromatic heterocycles. The molecule has 3 unspecified atom stereocenters. The third-order valence-electron chi connectivity index (χ3n) is 3.85. The zero-order valence-corrected chi connectivity index (χ0v) is 10.3. The summed E-state index contributed by atoms with van der Waals surface area (Å²) in [7, 11) is 1.59. The maximum absolute atomic E-state index is 9.68. The van der Waals surface area contributed by atoms with Crippen molar-refractivity contribution in [1.29, 1.82) is 0 Å². The first kappa shape index (κ1) is 11.2. The van der Waals surface area contributed by atoms with E-state index in [4.69, 9.17) is 4.74 Å². The molecule has 3 atom stereocenters. The molecule has 0 amide bonds. The molecule has 94 valence electrons. The Hall–Kier alpha value is -1.90. The van der Waals surface area contributed by atoms with Crippen LogP contribution in [0.25, 0.3) is 0 Å². The molecule has 2 N–H and O–H groups in total. The fourth-order valence-electron chi connectivity index (χ4n) is 2.90. The summed E-state index contributed by atoms with van der Waals surface area (Å²) < 4.78 is 5.21. The van der Waals surface area contributed by atoms with Gasteiger partial charge in [0.15, 0.2) is 11.5 Å². The largest absolute Gasteiger partial charge is 0.504 e. The van der Waals surface area contributed by atoms with Crippen LogP contribution in [0.1, 0.15) is 6.42 Å². The van der Waals surface area contributed by atoms with Crippen molar-refractivity contribution in [2.45, 2.75) is 6.42 Å². The van der Waals surface area contributed by atoms with Gasteiger partial charge in [0, 0.05) is 11.6 Å². The van der Waals surface area contributed by atoms with E-state index in [-0.39, 0.29) is 5.76 Å². The summed E-state index contributed by atoms with van der Waals surface area (Å²) >= 11 is 0. The van der Waals surface area contributed by atoms with Crippen LogP contribution >= 0.6 is 0 Å². The van der Waals surface area contributed by atoms with Crippen molar-refractivity contribution < 1.29 is 9.84 Å². The number of allylic oxidation sites excluding steroid dienone is 6. The molecule has 0 spiro atoms. The molecule has 3 heteroatoms. The van der Waals surface area contributed by atoms with Crippen molar-refractivity contribution in [2.24, 2.45) is 17.8 Å². The number of hydrogen-bond donors (Lipinski definition) is 2. The van der Waals surface area contributed by atoms with Gasteiger partial charge in [0.2, 0.25) is 0 Å². The SMILES string of the molecule is COC1=CC(C2C=CC=C3NC=CC32)CC=C1O. The highest BCUT2D eigenvalue weighted by atomic mass is 16.5. The van der Waals surface area contributed by atoms with Crippen LogP contribution in [0.3, 0.4) is 0 Å². The van der Waals surface area contributed by atoms with Gasteiger partial charge in [0.05, 0.1) is 7.11 Å². The van der Waals surface area contributed by atoms with E-state index >= 15 is 0 Å². The molecular weight excluding hydrogens is 226 g/mol. The molecule has 2 aliphatic carbocycles. The highest BCUT2D eigenvalue weighted by Crippen LogP contribution is 2.39. The second kappa shape index (κ2) is 4.41. The van der Waals surface area contributed by atoms with Crippen LogP contribution < -0.4 is 5.32 Å². The molecule has 0 saturated carbocycles. The Morgan fingerprint density at radius 1 is 1.39 bits per heavy atom. The predicted octanol–water partition coefficient (Wildman–Crippen LogP) is 2.78. The number of fused-ring (bicyclic) bond motifs is 1. The zero-order chi connectivity index (χ0) is 12.5. The van der Waals surface area contributed by atoms with Gasteiger partial charge in [-0.2, -0.15) is 0 Å². The van der Waals surface area contributed by atoms with Gasteiger partial charge in [0.1, 0.15) is 0 Å². The van der Waals surface area contributed by atoms with Crippen LogP contribution in [0, 0.1) is 17.8 Å². The van der Waals surface area contributed by atoms with Crippen molar-refractivity contribution in [1.82, 2.24) is 5.32 Å². The summed E-state index contributed by atoms with van der Waals surface area (Å²) in [4.78, 5) is 0. The molecule has 3 rings (SSSR count). The summed E-state index contributed by atoms with van der Waals surface area (Å²) in [6, 6.07) is 0. The van der Waals surface area contributed by atoms with E-state index in [0.29, 0.717) is 23.5 Å². The molecule has 0 aromatic carbocycles. The minimum absolute atomic E-state index is 0.254. The van der Waals surface area contributed by atoms with Crippen LogP contribution in [-0.4, -0.2) is 12.2 Å². The molecule has 1 aliphatic heterocycles. The lowest BCUT2D eigenvalue weighted by molar-refractivity contribution is 0.240. The second-order valence-corrected chi connectivity index (χ2v) is 4.84. The average Bonchev–Trinajstić information content (AvgIpc) is 2.87. The Bertz CT molecular complexity index is 497. The van der Waals surface area contributed by atoms with E-state index in [1.165, 1.54) is 5.70 Å². The Morgan fingerprint density at radius 2 is 2.28 bits per heavy atom. The smallest absolute Gasteiger partial charge is 0.156 e. The van der Waals surface area contributed by atoms with E-state index in [1.807, 2.05) is 18.4 Å². The van der Waals surface area contributed by atoms with Gasteiger partial charge < -0.3 is 15.2 Å². The number of nitrogens with one attached hydrogen (secondary N) is 1. The van der Waals surface area contributed by atoms with E-state index < -0.39 is 0 Å². The lowest BCUT2D eigenvalue weighted by Gasteiger charge is -2.30. The monoisotopic (exact) mass is 243 g/mol. The fourth-order valence-corrected chi connectivity index (χ4v) is 2.90. The van der Waals surface area contributed by atoms with Crippen molar-refractivity contribution in [3.63, 3.8) is 0 Å². The number of hydrogen-bond acceptors (Lipinski definition) is 3. The van der Waals surface area contributed by atoms with Crippen molar-refractivity contribution >= 4 is 0 Å². The highest BCUT2D eigenvalue weighted by molar-refractivity contribution is 5.34. The van der Waals surface area contributed by atoms with Gasteiger partial charge in [-0.25, -0.2) is 0 Å². The summed E-state index contributed by atoms with van der Waals surface area (Å²) in [5.41, 5.74) is 1.26. The number of aliphatic hydroxyl groups is 1. The van der Waals surface area contributed by atoms with Crippen molar-refractivity contribution in [3.8, 4) is 0 Å². The van der Waals surface area contributed by atoms with Crippen molar-refractivity contribution in [2.75, 3.05) is 7.11 Å². The molecule has 0 aromatic rings. The van der Waals surface area contributed by atoms with E-state index in [0.717, 1.165) is 6.42 Å². The average molecular weight is 243 g/mol. The third-order valence-corrected chi connectivity index (χ3v) is 3.85. The maximum atomic E-state index is 9.68. The molecule has 18 heavy (non-hydrogen) atoms. The second-order valence-electron chi connectivity index (χ2n) is 4.84. The van der Waals surface area contributed by atoms with Crippen LogP contribution in [0.5, 0.6) is 0 Å². The predicted molar refractivity (Wildman–Crippen MR) is 70.4 cm³/mol. The van der Waals surface area contributed by atoms with Crippen LogP contribution in [-0.2, 0) is 4.74 Å².